The van der Waals surface area contributed by atoms with Crippen LogP contribution in [0.25, 0.3) is 0 Å². The van der Waals surface area contributed by atoms with Gasteiger partial charge in [-0.05, 0) is 36.8 Å². The largest absolute Gasteiger partial charge is 0.351 e. The third-order valence-electron chi connectivity index (χ3n) is 4.37. The van der Waals surface area contributed by atoms with Gasteiger partial charge in [0.2, 0.25) is 0 Å². The molecule has 0 saturated carbocycles. The van der Waals surface area contributed by atoms with Gasteiger partial charge in [0.15, 0.2) is 5.78 Å². The van der Waals surface area contributed by atoms with E-state index < -0.39 is 0 Å². The highest BCUT2D eigenvalue weighted by molar-refractivity contribution is 5.98. The molecule has 0 aliphatic heterocycles. The summed E-state index contributed by atoms with van der Waals surface area (Å²) in [5, 5.41) is 0. The van der Waals surface area contributed by atoms with Crippen LogP contribution in [-0.4, -0.2) is 10.4 Å². The van der Waals surface area contributed by atoms with Gasteiger partial charge in [0.25, 0.3) is 0 Å². The molecular formula is C18H21NO. The number of fused-ring (bicyclic) bond motifs is 1. The topological polar surface area (TPSA) is 22.0 Å². The Balaban J connectivity index is 1.69. The molecule has 0 N–H and O–H groups in total. The molecule has 1 unspecified atom stereocenters. The van der Waals surface area contributed by atoms with E-state index in [1.54, 1.807) is 0 Å². The first-order chi connectivity index (χ1) is 9.75. The molecule has 20 heavy (non-hydrogen) atoms. The zero-order valence-electron chi connectivity index (χ0n) is 12.0. The predicted octanol–water partition coefficient (Wildman–Crippen LogP) is 4.20. The van der Waals surface area contributed by atoms with E-state index >= 15 is 0 Å². The number of carbonyl (C=O) groups is 1. The molecule has 2 nitrogen and oxygen atoms in total. The van der Waals surface area contributed by atoms with E-state index in [1.165, 1.54) is 11.3 Å². The van der Waals surface area contributed by atoms with Gasteiger partial charge in [0, 0.05) is 30.4 Å². The Kier molecular flexibility index (Phi) is 3.72. The number of aromatic nitrogens is 1. The van der Waals surface area contributed by atoms with Crippen molar-refractivity contribution in [3.8, 4) is 0 Å². The molecule has 0 bridgehead atoms. The number of benzene rings is 1. The van der Waals surface area contributed by atoms with E-state index in [-0.39, 0.29) is 0 Å². The maximum absolute atomic E-state index is 11.8. The van der Waals surface area contributed by atoms with Crippen molar-refractivity contribution in [1.29, 1.82) is 0 Å². The minimum atomic E-state index is 0.320. The molecule has 0 spiro atoms. The number of nitrogens with zero attached hydrogens (tertiary/aromatic N) is 1. The van der Waals surface area contributed by atoms with E-state index in [2.05, 4.69) is 48.0 Å². The van der Waals surface area contributed by atoms with Gasteiger partial charge in [-0.3, -0.25) is 4.79 Å². The molecule has 1 aliphatic carbocycles. The summed E-state index contributed by atoms with van der Waals surface area (Å²) in [7, 11) is 0. The van der Waals surface area contributed by atoms with E-state index in [0.717, 1.165) is 37.8 Å². The van der Waals surface area contributed by atoms with Crippen molar-refractivity contribution in [2.24, 2.45) is 0 Å². The number of Topliss-reactive ketones (excluding diaryl/α,β-unsaturated/α-hetero) is 1. The zero-order valence-corrected chi connectivity index (χ0v) is 12.0. The Labute approximate surface area is 120 Å². The normalized spacial score (nSPS) is 15.9. The van der Waals surface area contributed by atoms with Crippen LogP contribution in [0.4, 0.5) is 0 Å². The molecule has 0 saturated heterocycles. The lowest BCUT2D eigenvalue weighted by Gasteiger charge is -2.17. The summed E-state index contributed by atoms with van der Waals surface area (Å²) in [5.74, 6) is 0.870. The first kappa shape index (κ1) is 13.2. The van der Waals surface area contributed by atoms with Crippen LogP contribution in [0, 0.1) is 0 Å². The number of rotatable bonds is 4. The SMILES string of the molecule is CC(CCn1ccc2c1CCCC2=O)c1ccccc1. The molecule has 1 atom stereocenters. The second kappa shape index (κ2) is 5.66. The smallest absolute Gasteiger partial charge is 0.164 e. The van der Waals surface area contributed by atoms with Crippen LogP contribution in [0.1, 0.15) is 53.7 Å². The number of carbonyl (C=O) groups excluding carboxylic acids is 1. The summed E-state index contributed by atoms with van der Waals surface area (Å²) in [5.41, 5.74) is 3.61. The van der Waals surface area contributed by atoms with E-state index in [4.69, 9.17) is 0 Å². The number of hydrogen-bond acceptors (Lipinski definition) is 1. The van der Waals surface area contributed by atoms with Gasteiger partial charge in [-0.25, -0.2) is 0 Å². The van der Waals surface area contributed by atoms with Crippen molar-refractivity contribution in [3.05, 3.63) is 59.4 Å². The molecule has 2 heteroatoms. The Bertz CT molecular complexity index is 597. The van der Waals surface area contributed by atoms with Crippen LogP contribution >= 0.6 is 0 Å². The molecule has 2 aromatic rings. The van der Waals surface area contributed by atoms with Crippen LogP contribution in [-0.2, 0) is 13.0 Å². The highest BCUT2D eigenvalue weighted by atomic mass is 16.1. The van der Waals surface area contributed by atoms with Gasteiger partial charge in [0.1, 0.15) is 0 Å². The summed E-state index contributed by atoms with van der Waals surface area (Å²) in [6.07, 6.45) is 5.97. The minimum Gasteiger partial charge on any atom is -0.351 e. The summed E-state index contributed by atoms with van der Waals surface area (Å²) in [6, 6.07) is 12.6. The second-order valence-electron chi connectivity index (χ2n) is 5.75. The summed E-state index contributed by atoms with van der Waals surface area (Å²) in [6.45, 7) is 3.27. The maximum atomic E-state index is 11.8. The lowest BCUT2D eigenvalue weighted by atomic mass is 9.96. The van der Waals surface area contributed by atoms with Gasteiger partial charge in [-0.1, -0.05) is 37.3 Å². The van der Waals surface area contributed by atoms with E-state index in [1.807, 2.05) is 6.07 Å². The van der Waals surface area contributed by atoms with Crippen molar-refractivity contribution in [1.82, 2.24) is 4.57 Å². The van der Waals surface area contributed by atoms with Gasteiger partial charge >= 0.3 is 0 Å². The van der Waals surface area contributed by atoms with E-state index in [9.17, 15) is 4.79 Å². The molecule has 1 aliphatic rings. The molecule has 0 fully saturated rings. The van der Waals surface area contributed by atoms with Gasteiger partial charge in [-0.15, -0.1) is 0 Å². The van der Waals surface area contributed by atoms with Crippen molar-refractivity contribution >= 4 is 5.78 Å². The van der Waals surface area contributed by atoms with Crippen molar-refractivity contribution in [3.63, 3.8) is 0 Å². The Morgan fingerprint density at radius 3 is 2.75 bits per heavy atom. The van der Waals surface area contributed by atoms with Crippen LogP contribution in [0.5, 0.6) is 0 Å². The first-order valence-corrected chi connectivity index (χ1v) is 7.52. The predicted molar refractivity (Wildman–Crippen MR) is 81.2 cm³/mol. The van der Waals surface area contributed by atoms with Crippen molar-refractivity contribution in [2.75, 3.05) is 0 Å². The van der Waals surface area contributed by atoms with Crippen LogP contribution < -0.4 is 0 Å². The average molecular weight is 267 g/mol. The quantitative estimate of drug-likeness (QED) is 0.813. The van der Waals surface area contributed by atoms with Crippen molar-refractivity contribution < 1.29 is 4.79 Å². The van der Waals surface area contributed by atoms with E-state index in [0.29, 0.717) is 11.7 Å². The summed E-state index contributed by atoms with van der Waals surface area (Å²) >= 11 is 0. The number of ketones is 1. The van der Waals surface area contributed by atoms with Crippen LogP contribution in [0.2, 0.25) is 0 Å². The number of hydrogen-bond donors (Lipinski definition) is 0. The fourth-order valence-electron chi connectivity index (χ4n) is 3.08. The molecule has 0 radical (unpaired) electrons. The monoisotopic (exact) mass is 267 g/mol. The van der Waals surface area contributed by atoms with Crippen molar-refractivity contribution in [2.45, 2.75) is 45.1 Å². The Morgan fingerprint density at radius 2 is 1.95 bits per heavy atom. The Hall–Kier alpha value is -1.83. The van der Waals surface area contributed by atoms with Gasteiger partial charge < -0.3 is 4.57 Å². The highest BCUT2D eigenvalue weighted by Gasteiger charge is 2.20. The molecule has 1 aromatic carbocycles. The Morgan fingerprint density at radius 1 is 1.15 bits per heavy atom. The fourth-order valence-corrected chi connectivity index (χ4v) is 3.08. The molecule has 1 aromatic heterocycles. The third-order valence-corrected chi connectivity index (χ3v) is 4.37. The first-order valence-electron chi connectivity index (χ1n) is 7.52. The van der Waals surface area contributed by atoms with Crippen LogP contribution in [0.3, 0.4) is 0 Å². The minimum absolute atomic E-state index is 0.320. The molecule has 1 heterocycles. The van der Waals surface area contributed by atoms with Gasteiger partial charge in [0.05, 0.1) is 0 Å². The summed E-state index contributed by atoms with van der Waals surface area (Å²) in [4.78, 5) is 11.8. The fraction of sp³-hybridized carbons (Fsp3) is 0.389. The van der Waals surface area contributed by atoms with Gasteiger partial charge in [-0.2, -0.15) is 0 Å². The zero-order chi connectivity index (χ0) is 13.9. The molecule has 0 amide bonds. The number of aryl methyl sites for hydroxylation is 1. The maximum Gasteiger partial charge on any atom is 0.164 e. The lowest BCUT2D eigenvalue weighted by Crippen LogP contribution is -2.13. The second-order valence-corrected chi connectivity index (χ2v) is 5.75. The molecule has 104 valence electrons. The summed E-state index contributed by atoms with van der Waals surface area (Å²) < 4.78 is 2.28. The molecule has 3 rings (SSSR count). The average Bonchev–Trinajstić information content (AvgIpc) is 2.90. The highest BCUT2D eigenvalue weighted by Crippen LogP contribution is 2.25. The molecular weight excluding hydrogens is 246 g/mol. The lowest BCUT2D eigenvalue weighted by molar-refractivity contribution is 0.0971. The third kappa shape index (κ3) is 2.55. The standard InChI is InChI=1S/C18H21NO/c1-14(15-6-3-2-4-7-15)10-12-19-13-11-16-17(19)8-5-9-18(16)20/h2-4,6-7,11,13-14H,5,8-10,12H2,1H3. The van der Waals surface area contributed by atoms with Crippen LogP contribution in [0.15, 0.2) is 42.6 Å².